The van der Waals surface area contributed by atoms with E-state index < -0.39 is 10.2 Å². The standard InChI is InChI=1S/C17H24N4O3S/c1-14-17(15(2)21(18-14)16-7-5-4-6-8-16)13-19(3)25(22,23)20-9-11-24-12-10-20/h4-8H,9-13H2,1-3H3. The average molecular weight is 364 g/mol. The first-order valence-electron chi connectivity index (χ1n) is 8.31. The van der Waals surface area contributed by atoms with Crippen LogP contribution in [0.5, 0.6) is 0 Å². The number of aromatic nitrogens is 2. The van der Waals surface area contributed by atoms with Gasteiger partial charge in [0.2, 0.25) is 0 Å². The van der Waals surface area contributed by atoms with Crippen LogP contribution in [0.25, 0.3) is 5.69 Å². The first-order chi connectivity index (χ1) is 11.9. The lowest BCUT2D eigenvalue weighted by Crippen LogP contribution is -2.47. The van der Waals surface area contributed by atoms with Gasteiger partial charge in [-0.1, -0.05) is 18.2 Å². The lowest BCUT2D eigenvalue weighted by Gasteiger charge is -2.30. The van der Waals surface area contributed by atoms with E-state index in [4.69, 9.17) is 4.74 Å². The number of para-hydroxylation sites is 1. The zero-order chi connectivity index (χ0) is 18.0. The lowest BCUT2D eigenvalue weighted by molar-refractivity contribution is 0.0705. The molecule has 1 aliphatic rings. The van der Waals surface area contributed by atoms with E-state index in [2.05, 4.69) is 5.10 Å². The SMILES string of the molecule is Cc1nn(-c2ccccc2)c(C)c1CN(C)S(=O)(=O)N1CCOCC1. The van der Waals surface area contributed by atoms with Gasteiger partial charge in [0.05, 0.1) is 24.6 Å². The lowest BCUT2D eigenvalue weighted by atomic mass is 10.2. The topological polar surface area (TPSA) is 67.7 Å². The predicted molar refractivity (Wildman–Crippen MR) is 95.8 cm³/mol. The molecule has 1 aromatic heterocycles. The Kier molecular flexibility index (Phi) is 5.24. The van der Waals surface area contributed by atoms with Gasteiger partial charge in [-0.2, -0.15) is 22.1 Å². The van der Waals surface area contributed by atoms with E-state index in [1.807, 2.05) is 48.9 Å². The minimum atomic E-state index is -3.50. The summed E-state index contributed by atoms with van der Waals surface area (Å²) in [6.45, 7) is 5.86. The minimum absolute atomic E-state index is 0.296. The number of hydrogen-bond acceptors (Lipinski definition) is 4. The van der Waals surface area contributed by atoms with Crippen molar-refractivity contribution in [1.29, 1.82) is 0 Å². The molecule has 1 saturated heterocycles. The van der Waals surface area contributed by atoms with Crippen molar-refractivity contribution in [2.45, 2.75) is 20.4 Å². The molecule has 136 valence electrons. The van der Waals surface area contributed by atoms with Crippen molar-refractivity contribution in [2.24, 2.45) is 0 Å². The maximum absolute atomic E-state index is 12.8. The molecule has 25 heavy (non-hydrogen) atoms. The van der Waals surface area contributed by atoms with Gasteiger partial charge < -0.3 is 4.74 Å². The normalized spacial score (nSPS) is 16.5. The van der Waals surface area contributed by atoms with E-state index in [1.54, 1.807) is 7.05 Å². The van der Waals surface area contributed by atoms with Gasteiger partial charge in [0, 0.05) is 37.9 Å². The van der Waals surface area contributed by atoms with Crippen molar-refractivity contribution in [3.63, 3.8) is 0 Å². The van der Waals surface area contributed by atoms with E-state index in [0.717, 1.165) is 22.6 Å². The maximum Gasteiger partial charge on any atom is 0.282 e. The molecule has 7 nitrogen and oxygen atoms in total. The second-order valence-electron chi connectivity index (χ2n) is 6.17. The van der Waals surface area contributed by atoms with Crippen molar-refractivity contribution in [3.8, 4) is 5.69 Å². The molecule has 0 spiro atoms. The van der Waals surface area contributed by atoms with Crippen LogP contribution in [0, 0.1) is 13.8 Å². The fraction of sp³-hybridized carbons (Fsp3) is 0.471. The molecule has 0 aliphatic carbocycles. The molecule has 1 aliphatic heterocycles. The van der Waals surface area contributed by atoms with Gasteiger partial charge in [-0.3, -0.25) is 0 Å². The van der Waals surface area contributed by atoms with Crippen LogP contribution in [0.1, 0.15) is 17.0 Å². The molecule has 0 amide bonds. The van der Waals surface area contributed by atoms with Gasteiger partial charge in [0.1, 0.15) is 0 Å². The van der Waals surface area contributed by atoms with E-state index in [1.165, 1.54) is 8.61 Å². The molecule has 1 aromatic carbocycles. The third-order valence-corrected chi connectivity index (χ3v) is 6.45. The number of ether oxygens (including phenoxy) is 1. The largest absolute Gasteiger partial charge is 0.379 e. The van der Waals surface area contributed by atoms with Gasteiger partial charge in [-0.25, -0.2) is 4.68 Å². The molecule has 0 saturated carbocycles. The fourth-order valence-corrected chi connectivity index (χ4v) is 4.30. The monoisotopic (exact) mass is 364 g/mol. The highest BCUT2D eigenvalue weighted by Crippen LogP contribution is 2.21. The number of morpholine rings is 1. The third-order valence-electron chi connectivity index (χ3n) is 4.51. The van der Waals surface area contributed by atoms with Crippen LogP contribution in [0.4, 0.5) is 0 Å². The van der Waals surface area contributed by atoms with Crippen molar-refractivity contribution in [1.82, 2.24) is 18.4 Å². The molecular weight excluding hydrogens is 340 g/mol. The highest BCUT2D eigenvalue weighted by Gasteiger charge is 2.29. The molecule has 8 heteroatoms. The van der Waals surface area contributed by atoms with Crippen LogP contribution in [0.15, 0.2) is 30.3 Å². The summed E-state index contributed by atoms with van der Waals surface area (Å²) in [5.74, 6) is 0. The summed E-state index contributed by atoms with van der Waals surface area (Å²) >= 11 is 0. The Bertz CT molecular complexity index is 827. The Balaban J connectivity index is 1.84. The Hall–Kier alpha value is -1.74. The van der Waals surface area contributed by atoms with Crippen molar-refractivity contribution in [2.75, 3.05) is 33.4 Å². The van der Waals surface area contributed by atoms with E-state index >= 15 is 0 Å². The zero-order valence-electron chi connectivity index (χ0n) is 14.8. The second kappa shape index (κ2) is 7.25. The number of nitrogens with zero attached hydrogens (tertiary/aromatic N) is 4. The Morgan fingerprint density at radius 3 is 2.44 bits per heavy atom. The quantitative estimate of drug-likeness (QED) is 0.806. The van der Waals surface area contributed by atoms with Gasteiger partial charge in [0.15, 0.2) is 0 Å². The number of aryl methyl sites for hydroxylation is 1. The molecule has 0 radical (unpaired) electrons. The highest BCUT2D eigenvalue weighted by molar-refractivity contribution is 7.86. The van der Waals surface area contributed by atoms with Crippen LogP contribution in [0.2, 0.25) is 0 Å². The summed E-state index contributed by atoms with van der Waals surface area (Å²) in [5, 5.41) is 4.59. The summed E-state index contributed by atoms with van der Waals surface area (Å²) in [5.41, 5.74) is 3.69. The van der Waals surface area contributed by atoms with Gasteiger partial charge in [-0.15, -0.1) is 0 Å². The third kappa shape index (κ3) is 3.62. The summed E-state index contributed by atoms with van der Waals surface area (Å²) in [6.07, 6.45) is 0. The minimum Gasteiger partial charge on any atom is -0.379 e. The van der Waals surface area contributed by atoms with Crippen molar-refractivity contribution < 1.29 is 13.2 Å². The van der Waals surface area contributed by atoms with Gasteiger partial charge in [-0.05, 0) is 26.0 Å². The smallest absolute Gasteiger partial charge is 0.282 e. The van der Waals surface area contributed by atoms with Crippen LogP contribution >= 0.6 is 0 Å². The summed E-state index contributed by atoms with van der Waals surface area (Å²) in [6, 6.07) is 9.84. The number of benzene rings is 1. The predicted octanol–water partition coefficient (Wildman–Crippen LogP) is 1.50. The zero-order valence-corrected chi connectivity index (χ0v) is 15.7. The van der Waals surface area contributed by atoms with Crippen molar-refractivity contribution >= 4 is 10.2 Å². The molecule has 2 aromatic rings. The molecular formula is C17H24N4O3S. The summed E-state index contributed by atoms with van der Waals surface area (Å²) < 4.78 is 35.5. The molecule has 3 rings (SSSR count). The molecule has 2 heterocycles. The average Bonchev–Trinajstić information content (AvgIpc) is 2.91. The summed E-state index contributed by atoms with van der Waals surface area (Å²) in [7, 11) is -1.88. The van der Waals surface area contributed by atoms with Gasteiger partial charge in [0.25, 0.3) is 10.2 Å². The Morgan fingerprint density at radius 1 is 1.16 bits per heavy atom. The molecule has 0 N–H and O–H groups in total. The maximum atomic E-state index is 12.8. The van der Waals surface area contributed by atoms with Crippen LogP contribution in [0.3, 0.4) is 0 Å². The summed E-state index contributed by atoms with van der Waals surface area (Å²) in [4.78, 5) is 0. The fourth-order valence-electron chi connectivity index (χ4n) is 3.00. The first-order valence-corrected chi connectivity index (χ1v) is 9.70. The molecule has 0 bridgehead atoms. The van der Waals surface area contributed by atoms with E-state index in [9.17, 15) is 8.42 Å². The van der Waals surface area contributed by atoms with Gasteiger partial charge >= 0.3 is 0 Å². The Labute approximate surface area is 149 Å². The molecule has 0 unspecified atom stereocenters. The second-order valence-corrected chi connectivity index (χ2v) is 8.21. The first kappa shape index (κ1) is 18.1. The number of hydrogen-bond donors (Lipinski definition) is 0. The molecule has 0 atom stereocenters. The Morgan fingerprint density at radius 2 is 1.80 bits per heavy atom. The van der Waals surface area contributed by atoms with Crippen LogP contribution in [-0.4, -0.2) is 60.2 Å². The van der Waals surface area contributed by atoms with Crippen molar-refractivity contribution in [3.05, 3.63) is 47.3 Å². The van der Waals surface area contributed by atoms with E-state index in [-0.39, 0.29) is 0 Å². The van der Waals surface area contributed by atoms with Crippen LogP contribution in [-0.2, 0) is 21.5 Å². The molecule has 1 fully saturated rings. The highest BCUT2D eigenvalue weighted by atomic mass is 32.2. The van der Waals surface area contributed by atoms with E-state index in [0.29, 0.717) is 32.8 Å². The van der Waals surface area contributed by atoms with Crippen LogP contribution < -0.4 is 0 Å². The number of rotatable bonds is 5.